The molecule has 2 rings (SSSR count). The van der Waals surface area contributed by atoms with Crippen LogP contribution in [0.4, 0.5) is 0 Å². The number of hydrogen-bond donors (Lipinski definition) is 0. The summed E-state index contributed by atoms with van der Waals surface area (Å²) in [5, 5.41) is 0. The zero-order chi connectivity index (χ0) is 9.59. The van der Waals surface area contributed by atoms with Crippen molar-refractivity contribution in [1.29, 1.82) is 0 Å². The van der Waals surface area contributed by atoms with Crippen LogP contribution in [0.2, 0.25) is 0 Å². The second kappa shape index (κ2) is 2.84. The van der Waals surface area contributed by atoms with Crippen LogP contribution < -0.4 is 0 Å². The lowest BCUT2D eigenvalue weighted by atomic mass is 10.0. The summed E-state index contributed by atoms with van der Waals surface area (Å²) in [7, 11) is 3.75. The van der Waals surface area contributed by atoms with E-state index in [0.29, 0.717) is 5.54 Å². The second-order valence-electron chi connectivity index (χ2n) is 3.91. The fourth-order valence-electron chi connectivity index (χ4n) is 2.00. The summed E-state index contributed by atoms with van der Waals surface area (Å²) in [5.41, 5.74) is 7.39. The molecule has 0 saturated heterocycles. The van der Waals surface area contributed by atoms with E-state index in [1.165, 1.54) is 27.8 Å². The first-order valence-corrected chi connectivity index (χ1v) is 5.18. The van der Waals surface area contributed by atoms with Gasteiger partial charge in [0.05, 0.1) is 0 Å². The van der Waals surface area contributed by atoms with Gasteiger partial charge < -0.3 is 0 Å². The molecular formula is C12H13Si. The summed E-state index contributed by atoms with van der Waals surface area (Å²) in [6.07, 6.45) is 2.28. The normalized spacial score (nSPS) is 20.0. The molecule has 0 aliphatic heterocycles. The van der Waals surface area contributed by atoms with E-state index >= 15 is 0 Å². The molecule has 0 bridgehead atoms. The lowest BCUT2D eigenvalue weighted by molar-refractivity contribution is 1.13. The highest BCUT2D eigenvalue weighted by Gasteiger charge is 2.19. The van der Waals surface area contributed by atoms with Crippen molar-refractivity contribution in [1.82, 2.24) is 0 Å². The standard InChI is InChI=1S/C12H13Si/c1-7-4-8(2)10-6-9(3)12(13)11(10)5-7/h4-6,12H,1-3H3. The minimum atomic E-state index is 0.425. The van der Waals surface area contributed by atoms with Crippen molar-refractivity contribution in [2.45, 2.75) is 26.3 Å². The van der Waals surface area contributed by atoms with Gasteiger partial charge in [0.1, 0.15) is 0 Å². The van der Waals surface area contributed by atoms with Crippen molar-refractivity contribution in [3.63, 3.8) is 0 Å². The number of rotatable bonds is 0. The molecule has 0 heterocycles. The highest BCUT2D eigenvalue weighted by molar-refractivity contribution is 6.16. The molecule has 1 aliphatic rings. The molecule has 1 aliphatic carbocycles. The Morgan fingerprint density at radius 1 is 1.15 bits per heavy atom. The van der Waals surface area contributed by atoms with Crippen molar-refractivity contribution in [3.8, 4) is 0 Å². The quantitative estimate of drug-likeness (QED) is 0.545. The van der Waals surface area contributed by atoms with Gasteiger partial charge in [-0.25, -0.2) is 0 Å². The topological polar surface area (TPSA) is 0 Å². The van der Waals surface area contributed by atoms with Gasteiger partial charge in [-0.1, -0.05) is 29.3 Å². The Balaban J connectivity index is 2.66. The molecule has 13 heavy (non-hydrogen) atoms. The maximum Gasteiger partial charge on any atom is 0.0392 e. The number of hydrogen-bond acceptors (Lipinski definition) is 0. The smallest absolute Gasteiger partial charge is 0.0392 e. The van der Waals surface area contributed by atoms with Crippen molar-refractivity contribution in [2.24, 2.45) is 0 Å². The molecule has 0 N–H and O–H groups in total. The largest absolute Gasteiger partial charge is 0.0688 e. The Labute approximate surface area is 83.1 Å². The highest BCUT2D eigenvalue weighted by Crippen LogP contribution is 2.35. The molecule has 1 atom stereocenters. The average molecular weight is 185 g/mol. The van der Waals surface area contributed by atoms with E-state index in [1.807, 2.05) is 0 Å². The molecule has 1 heteroatoms. The van der Waals surface area contributed by atoms with Gasteiger partial charge >= 0.3 is 0 Å². The Hall–Kier alpha value is -0.823. The van der Waals surface area contributed by atoms with Crippen molar-refractivity contribution in [2.75, 3.05) is 0 Å². The van der Waals surface area contributed by atoms with E-state index in [-0.39, 0.29) is 0 Å². The van der Waals surface area contributed by atoms with Crippen LogP contribution in [0.15, 0.2) is 17.7 Å². The minimum Gasteiger partial charge on any atom is -0.0688 e. The van der Waals surface area contributed by atoms with Crippen LogP contribution in [0.1, 0.15) is 34.7 Å². The van der Waals surface area contributed by atoms with E-state index < -0.39 is 0 Å². The molecular weight excluding hydrogens is 172 g/mol. The number of aryl methyl sites for hydroxylation is 2. The average Bonchev–Trinajstić information content (AvgIpc) is 2.32. The van der Waals surface area contributed by atoms with Crippen LogP contribution in [-0.4, -0.2) is 10.2 Å². The Bertz CT molecular complexity index is 388. The molecule has 0 spiro atoms. The highest BCUT2D eigenvalue weighted by atomic mass is 28.1. The van der Waals surface area contributed by atoms with E-state index in [0.717, 1.165) is 0 Å². The van der Waals surface area contributed by atoms with E-state index in [9.17, 15) is 0 Å². The summed E-state index contributed by atoms with van der Waals surface area (Å²) in [5.74, 6) is 0. The summed E-state index contributed by atoms with van der Waals surface area (Å²) in [4.78, 5) is 0. The number of benzene rings is 1. The monoisotopic (exact) mass is 185 g/mol. The van der Waals surface area contributed by atoms with Gasteiger partial charge in [0, 0.05) is 10.2 Å². The fourth-order valence-corrected chi connectivity index (χ4v) is 2.33. The third-order valence-corrected chi connectivity index (χ3v) is 3.47. The van der Waals surface area contributed by atoms with Gasteiger partial charge in [0.15, 0.2) is 0 Å². The number of fused-ring (bicyclic) bond motifs is 1. The van der Waals surface area contributed by atoms with Crippen LogP contribution in [-0.2, 0) is 0 Å². The summed E-state index contributed by atoms with van der Waals surface area (Å²) in [6.45, 7) is 6.51. The third kappa shape index (κ3) is 1.27. The predicted molar refractivity (Wildman–Crippen MR) is 58.1 cm³/mol. The molecule has 1 aromatic rings. The molecule has 0 saturated carbocycles. The van der Waals surface area contributed by atoms with Crippen LogP contribution in [0.3, 0.4) is 0 Å². The number of allylic oxidation sites excluding steroid dienone is 1. The minimum absolute atomic E-state index is 0.425. The molecule has 1 aromatic carbocycles. The molecule has 0 fully saturated rings. The summed E-state index contributed by atoms with van der Waals surface area (Å²) in [6, 6.07) is 4.51. The third-order valence-electron chi connectivity index (χ3n) is 2.70. The lowest BCUT2D eigenvalue weighted by Gasteiger charge is -2.09. The molecule has 0 aromatic heterocycles. The molecule has 0 amide bonds. The second-order valence-corrected chi connectivity index (χ2v) is 4.48. The van der Waals surface area contributed by atoms with Gasteiger partial charge in [-0.3, -0.25) is 0 Å². The summed E-state index contributed by atoms with van der Waals surface area (Å²) >= 11 is 0. The Kier molecular flexibility index (Phi) is 1.92. The van der Waals surface area contributed by atoms with Crippen molar-refractivity contribution in [3.05, 3.63) is 40.0 Å². The first-order valence-electron chi connectivity index (χ1n) is 4.60. The summed E-state index contributed by atoms with van der Waals surface area (Å²) < 4.78 is 0. The predicted octanol–water partition coefficient (Wildman–Crippen LogP) is 2.93. The van der Waals surface area contributed by atoms with Gasteiger partial charge in [0.25, 0.3) is 0 Å². The van der Waals surface area contributed by atoms with Gasteiger partial charge in [-0.05, 0) is 43.0 Å². The van der Waals surface area contributed by atoms with E-state index in [4.69, 9.17) is 0 Å². The van der Waals surface area contributed by atoms with Crippen LogP contribution in [0.25, 0.3) is 6.08 Å². The van der Waals surface area contributed by atoms with Crippen LogP contribution >= 0.6 is 0 Å². The molecule has 3 radical (unpaired) electrons. The molecule has 1 unspecified atom stereocenters. The maximum atomic E-state index is 3.75. The van der Waals surface area contributed by atoms with Crippen molar-refractivity contribution >= 4 is 16.3 Å². The lowest BCUT2D eigenvalue weighted by Crippen LogP contribution is -1.97. The Morgan fingerprint density at radius 3 is 2.54 bits per heavy atom. The van der Waals surface area contributed by atoms with Crippen LogP contribution in [0.5, 0.6) is 0 Å². The first kappa shape index (κ1) is 8.76. The molecule has 65 valence electrons. The van der Waals surface area contributed by atoms with Gasteiger partial charge in [0.2, 0.25) is 0 Å². The van der Waals surface area contributed by atoms with Crippen molar-refractivity contribution < 1.29 is 0 Å². The van der Waals surface area contributed by atoms with E-state index in [1.54, 1.807) is 0 Å². The zero-order valence-corrected chi connectivity index (χ0v) is 9.31. The van der Waals surface area contributed by atoms with Gasteiger partial charge in [-0.2, -0.15) is 0 Å². The van der Waals surface area contributed by atoms with Crippen LogP contribution in [0, 0.1) is 13.8 Å². The first-order chi connectivity index (χ1) is 6.09. The Morgan fingerprint density at radius 2 is 1.85 bits per heavy atom. The van der Waals surface area contributed by atoms with E-state index in [2.05, 4.69) is 49.2 Å². The maximum absolute atomic E-state index is 3.75. The SMILES string of the molecule is CC1=Cc2c(C)cc(C)cc2C1[Si]. The zero-order valence-electron chi connectivity index (χ0n) is 8.31. The van der Waals surface area contributed by atoms with Gasteiger partial charge in [-0.15, -0.1) is 0 Å². The fraction of sp³-hybridized carbons (Fsp3) is 0.333. The molecule has 0 nitrogen and oxygen atoms in total.